The smallest absolute Gasteiger partial charge is 0.323 e. The van der Waals surface area contributed by atoms with Gasteiger partial charge < -0.3 is 10.1 Å². The lowest BCUT2D eigenvalue weighted by Crippen LogP contribution is -2.40. The zero-order valence-electron chi connectivity index (χ0n) is 11.1. The molecular weight excluding hydrogens is 254 g/mol. The normalized spacial score (nSPS) is 23.8. The molecule has 1 rings (SSSR count). The molecule has 1 aliphatic heterocycles. The molecule has 2 atom stereocenters. The van der Waals surface area contributed by atoms with E-state index in [-0.39, 0.29) is 29.4 Å². The minimum absolute atomic E-state index is 0.129. The summed E-state index contributed by atoms with van der Waals surface area (Å²) in [5.41, 5.74) is 0. The molecule has 0 aromatic heterocycles. The van der Waals surface area contributed by atoms with E-state index in [4.69, 9.17) is 4.74 Å². The summed E-state index contributed by atoms with van der Waals surface area (Å²) in [5.74, 6) is 0.405. The molecule has 0 aromatic carbocycles. The van der Waals surface area contributed by atoms with Gasteiger partial charge in [-0.15, -0.1) is 0 Å². The molecule has 106 valence electrons. The molecule has 0 saturated carbocycles. The molecule has 1 heterocycles. The molecule has 0 aliphatic carbocycles. The van der Waals surface area contributed by atoms with Crippen molar-refractivity contribution in [2.24, 2.45) is 5.92 Å². The van der Waals surface area contributed by atoms with E-state index in [2.05, 4.69) is 5.32 Å². The van der Waals surface area contributed by atoms with Crippen molar-refractivity contribution in [3.8, 4) is 0 Å². The maximum atomic E-state index is 11.7. The van der Waals surface area contributed by atoms with Gasteiger partial charge >= 0.3 is 5.97 Å². The van der Waals surface area contributed by atoms with Gasteiger partial charge in [-0.2, -0.15) is 0 Å². The number of sulfone groups is 1. The van der Waals surface area contributed by atoms with Gasteiger partial charge in [-0.3, -0.25) is 4.79 Å². The van der Waals surface area contributed by atoms with Crippen LogP contribution in [0.25, 0.3) is 0 Å². The van der Waals surface area contributed by atoms with Gasteiger partial charge in [0, 0.05) is 0 Å². The van der Waals surface area contributed by atoms with Gasteiger partial charge in [-0.25, -0.2) is 8.42 Å². The Morgan fingerprint density at radius 1 is 1.44 bits per heavy atom. The highest BCUT2D eigenvalue weighted by molar-refractivity contribution is 7.91. The first-order chi connectivity index (χ1) is 8.48. The molecule has 0 aromatic rings. The average molecular weight is 277 g/mol. The average Bonchev–Trinajstić information content (AvgIpc) is 2.64. The molecule has 1 aliphatic rings. The van der Waals surface area contributed by atoms with Crippen molar-refractivity contribution in [1.29, 1.82) is 0 Å². The zero-order valence-corrected chi connectivity index (χ0v) is 12.0. The fourth-order valence-electron chi connectivity index (χ4n) is 2.18. The summed E-state index contributed by atoms with van der Waals surface area (Å²) in [5, 5.41) is 3.15. The lowest BCUT2D eigenvalue weighted by Gasteiger charge is -2.18. The standard InChI is InChI=1S/C12H23NO4S/c1-3-5-11(12(14)17-4-2)13-8-10-6-7-18(15,16)9-10/h10-11,13H,3-9H2,1-2H3. The molecule has 0 amide bonds. The Hall–Kier alpha value is -0.620. The maximum absolute atomic E-state index is 11.7. The van der Waals surface area contributed by atoms with E-state index in [1.54, 1.807) is 6.92 Å². The van der Waals surface area contributed by atoms with E-state index in [0.29, 0.717) is 19.6 Å². The molecule has 6 heteroatoms. The lowest BCUT2D eigenvalue weighted by atomic mass is 10.1. The Balaban J connectivity index is 2.40. The fourth-order valence-corrected chi connectivity index (χ4v) is 4.04. The van der Waals surface area contributed by atoms with E-state index in [0.717, 1.165) is 12.8 Å². The van der Waals surface area contributed by atoms with Gasteiger partial charge in [-0.1, -0.05) is 13.3 Å². The van der Waals surface area contributed by atoms with Crippen molar-refractivity contribution in [3.63, 3.8) is 0 Å². The monoisotopic (exact) mass is 277 g/mol. The van der Waals surface area contributed by atoms with Crippen LogP contribution in [0.2, 0.25) is 0 Å². The third kappa shape index (κ3) is 4.94. The first-order valence-corrected chi connectivity index (χ1v) is 8.41. The Morgan fingerprint density at radius 2 is 2.17 bits per heavy atom. The number of hydrogen-bond acceptors (Lipinski definition) is 5. The number of ether oxygens (including phenoxy) is 1. The second-order valence-electron chi connectivity index (χ2n) is 4.77. The number of esters is 1. The topological polar surface area (TPSA) is 72.5 Å². The predicted octanol–water partition coefficient (Wildman–Crippen LogP) is 0.743. The van der Waals surface area contributed by atoms with Gasteiger partial charge in [0.15, 0.2) is 9.84 Å². The summed E-state index contributed by atoms with van der Waals surface area (Å²) in [4.78, 5) is 11.7. The van der Waals surface area contributed by atoms with E-state index in [1.807, 2.05) is 6.92 Å². The number of nitrogens with one attached hydrogen (secondary N) is 1. The van der Waals surface area contributed by atoms with Crippen molar-refractivity contribution >= 4 is 15.8 Å². The van der Waals surface area contributed by atoms with E-state index in [9.17, 15) is 13.2 Å². The van der Waals surface area contributed by atoms with Crippen molar-refractivity contribution in [1.82, 2.24) is 5.32 Å². The van der Waals surface area contributed by atoms with Gasteiger partial charge in [0.1, 0.15) is 6.04 Å². The Morgan fingerprint density at radius 3 is 2.67 bits per heavy atom. The van der Waals surface area contributed by atoms with Gasteiger partial charge in [0.2, 0.25) is 0 Å². The summed E-state index contributed by atoms with van der Waals surface area (Å²) < 4.78 is 27.6. The van der Waals surface area contributed by atoms with Gasteiger partial charge in [-0.05, 0) is 32.2 Å². The molecule has 0 spiro atoms. The highest BCUT2D eigenvalue weighted by Gasteiger charge is 2.29. The third-order valence-electron chi connectivity index (χ3n) is 3.13. The van der Waals surface area contributed by atoms with Crippen LogP contribution in [0.4, 0.5) is 0 Å². The van der Waals surface area contributed by atoms with Crippen LogP contribution in [0.5, 0.6) is 0 Å². The zero-order chi connectivity index (χ0) is 13.6. The summed E-state index contributed by atoms with van der Waals surface area (Å²) >= 11 is 0. The van der Waals surface area contributed by atoms with Crippen molar-refractivity contribution < 1.29 is 17.9 Å². The van der Waals surface area contributed by atoms with Crippen molar-refractivity contribution in [3.05, 3.63) is 0 Å². The van der Waals surface area contributed by atoms with Gasteiger partial charge in [0.25, 0.3) is 0 Å². The summed E-state index contributed by atoms with van der Waals surface area (Å²) in [7, 11) is -2.84. The molecule has 1 fully saturated rings. The summed E-state index contributed by atoms with van der Waals surface area (Å²) in [6.45, 7) is 4.74. The van der Waals surface area contributed by atoms with E-state index >= 15 is 0 Å². The molecule has 0 bridgehead atoms. The van der Waals surface area contributed by atoms with Crippen LogP contribution in [0.3, 0.4) is 0 Å². The molecular formula is C12H23NO4S. The third-order valence-corrected chi connectivity index (χ3v) is 4.97. The number of carbonyl (C=O) groups is 1. The van der Waals surface area contributed by atoms with Crippen LogP contribution < -0.4 is 5.32 Å². The second-order valence-corrected chi connectivity index (χ2v) is 7.00. The molecule has 2 unspecified atom stereocenters. The van der Waals surface area contributed by atoms with Crippen LogP contribution in [0, 0.1) is 5.92 Å². The maximum Gasteiger partial charge on any atom is 0.323 e. The molecule has 1 saturated heterocycles. The van der Waals surface area contributed by atoms with Crippen LogP contribution in [0.1, 0.15) is 33.1 Å². The van der Waals surface area contributed by atoms with Gasteiger partial charge in [0.05, 0.1) is 18.1 Å². The Bertz CT molecular complexity index is 366. The summed E-state index contributed by atoms with van der Waals surface area (Å²) in [6, 6.07) is -0.307. The quantitative estimate of drug-likeness (QED) is 0.695. The van der Waals surface area contributed by atoms with Crippen LogP contribution in [0.15, 0.2) is 0 Å². The fraction of sp³-hybridized carbons (Fsp3) is 0.917. The number of carbonyl (C=O) groups excluding carboxylic acids is 1. The van der Waals surface area contributed by atoms with Crippen LogP contribution in [-0.2, 0) is 19.4 Å². The largest absolute Gasteiger partial charge is 0.465 e. The molecule has 18 heavy (non-hydrogen) atoms. The summed E-state index contributed by atoms with van der Waals surface area (Å²) in [6.07, 6.45) is 2.30. The van der Waals surface area contributed by atoms with Crippen molar-refractivity contribution in [2.45, 2.75) is 39.2 Å². The molecule has 5 nitrogen and oxygen atoms in total. The highest BCUT2D eigenvalue weighted by atomic mass is 32.2. The van der Waals surface area contributed by atoms with E-state index < -0.39 is 9.84 Å². The minimum Gasteiger partial charge on any atom is -0.465 e. The van der Waals surface area contributed by atoms with E-state index in [1.165, 1.54) is 0 Å². The highest BCUT2D eigenvalue weighted by Crippen LogP contribution is 2.17. The van der Waals surface area contributed by atoms with Crippen LogP contribution >= 0.6 is 0 Å². The predicted molar refractivity (Wildman–Crippen MR) is 70.1 cm³/mol. The first kappa shape index (κ1) is 15.4. The Kier molecular flexibility index (Phi) is 6.08. The van der Waals surface area contributed by atoms with Crippen molar-refractivity contribution in [2.75, 3.05) is 24.7 Å². The number of hydrogen-bond donors (Lipinski definition) is 1. The van der Waals surface area contributed by atoms with Crippen LogP contribution in [-0.4, -0.2) is 45.1 Å². The number of rotatable bonds is 7. The first-order valence-electron chi connectivity index (χ1n) is 6.59. The second kappa shape index (κ2) is 7.09. The molecule has 1 N–H and O–H groups in total. The molecule has 0 radical (unpaired) electrons. The minimum atomic E-state index is -2.84. The lowest BCUT2D eigenvalue weighted by molar-refractivity contribution is -0.145. The Labute approximate surface area is 109 Å². The SMILES string of the molecule is CCCC(NCC1CCS(=O)(=O)C1)C(=O)OCC.